The molecule has 0 atom stereocenters. The number of carbonyl (C=O) groups is 1. The number of hydrogen-bond donors (Lipinski definition) is 0. The monoisotopic (exact) mass is 199 g/mol. The van der Waals surface area contributed by atoms with Gasteiger partial charge in [0.2, 0.25) is 5.88 Å². The summed E-state index contributed by atoms with van der Waals surface area (Å²) in [5.41, 5.74) is -0.0938. The largest absolute Gasteiger partial charge is 0.481 e. The standard InChI is InChI=1S/C9H10FNO3/c1-3-14-9(12)7-4-6(10)5-8(11-7)13-2/h4-5H,3H2,1-2H3. The second-order valence-electron chi connectivity index (χ2n) is 2.43. The zero-order chi connectivity index (χ0) is 10.6. The quantitative estimate of drug-likeness (QED) is 0.690. The SMILES string of the molecule is CCOC(=O)c1cc(F)cc(OC)n1. The van der Waals surface area contributed by atoms with E-state index in [1.807, 2.05) is 0 Å². The van der Waals surface area contributed by atoms with Crippen molar-refractivity contribution >= 4 is 5.97 Å². The number of pyridine rings is 1. The smallest absolute Gasteiger partial charge is 0.357 e. The van der Waals surface area contributed by atoms with Gasteiger partial charge in [-0.15, -0.1) is 0 Å². The molecular weight excluding hydrogens is 189 g/mol. The molecule has 0 bridgehead atoms. The highest BCUT2D eigenvalue weighted by atomic mass is 19.1. The van der Waals surface area contributed by atoms with Crippen LogP contribution in [-0.4, -0.2) is 24.7 Å². The Morgan fingerprint density at radius 3 is 2.86 bits per heavy atom. The molecule has 0 N–H and O–H groups in total. The summed E-state index contributed by atoms with van der Waals surface area (Å²) in [7, 11) is 1.34. The van der Waals surface area contributed by atoms with Crippen molar-refractivity contribution in [3.05, 3.63) is 23.6 Å². The van der Waals surface area contributed by atoms with Crippen molar-refractivity contribution in [2.45, 2.75) is 6.92 Å². The fraction of sp³-hybridized carbons (Fsp3) is 0.333. The second-order valence-corrected chi connectivity index (χ2v) is 2.43. The molecule has 0 aliphatic rings. The fourth-order valence-electron chi connectivity index (χ4n) is 0.888. The summed E-state index contributed by atoms with van der Waals surface area (Å²) in [4.78, 5) is 14.9. The predicted octanol–water partition coefficient (Wildman–Crippen LogP) is 1.41. The first-order valence-corrected chi connectivity index (χ1v) is 4.06. The van der Waals surface area contributed by atoms with Crippen LogP contribution in [0.5, 0.6) is 5.88 Å². The van der Waals surface area contributed by atoms with Crippen LogP contribution in [0.25, 0.3) is 0 Å². The fourth-order valence-corrected chi connectivity index (χ4v) is 0.888. The summed E-state index contributed by atoms with van der Waals surface area (Å²) >= 11 is 0. The molecule has 0 amide bonds. The highest BCUT2D eigenvalue weighted by molar-refractivity contribution is 5.87. The molecule has 0 aromatic carbocycles. The minimum absolute atomic E-state index is 0.0491. The lowest BCUT2D eigenvalue weighted by molar-refractivity contribution is 0.0517. The van der Waals surface area contributed by atoms with Crippen LogP contribution in [-0.2, 0) is 4.74 Å². The zero-order valence-electron chi connectivity index (χ0n) is 7.91. The first-order chi connectivity index (χ1) is 6.67. The molecule has 0 unspecified atom stereocenters. The third-order valence-corrected chi connectivity index (χ3v) is 1.46. The van der Waals surface area contributed by atoms with E-state index in [0.717, 1.165) is 12.1 Å². The van der Waals surface area contributed by atoms with Gasteiger partial charge in [-0.05, 0) is 6.92 Å². The number of hydrogen-bond acceptors (Lipinski definition) is 4. The van der Waals surface area contributed by atoms with Crippen molar-refractivity contribution in [2.24, 2.45) is 0 Å². The van der Waals surface area contributed by atoms with E-state index in [9.17, 15) is 9.18 Å². The molecular formula is C9H10FNO3. The van der Waals surface area contributed by atoms with Gasteiger partial charge in [-0.1, -0.05) is 0 Å². The Kier molecular flexibility index (Phi) is 3.39. The Morgan fingerprint density at radius 2 is 2.29 bits per heavy atom. The highest BCUT2D eigenvalue weighted by Gasteiger charge is 2.11. The molecule has 4 nitrogen and oxygen atoms in total. The lowest BCUT2D eigenvalue weighted by Gasteiger charge is -2.03. The van der Waals surface area contributed by atoms with Gasteiger partial charge in [-0.25, -0.2) is 14.2 Å². The van der Waals surface area contributed by atoms with Crippen molar-refractivity contribution in [1.82, 2.24) is 4.98 Å². The molecule has 5 heteroatoms. The third kappa shape index (κ3) is 2.42. The molecule has 0 saturated carbocycles. The van der Waals surface area contributed by atoms with Crippen molar-refractivity contribution in [2.75, 3.05) is 13.7 Å². The Labute approximate surface area is 80.7 Å². The van der Waals surface area contributed by atoms with Gasteiger partial charge < -0.3 is 9.47 Å². The number of carbonyl (C=O) groups excluding carboxylic acids is 1. The van der Waals surface area contributed by atoms with Crippen LogP contribution in [0, 0.1) is 5.82 Å². The summed E-state index contributed by atoms with van der Waals surface area (Å²) in [6, 6.07) is 2.09. The molecule has 1 rings (SSSR count). The van der Waals surface area contributed by atoms with Crippen molar-refractivity contribution in [3.63, 3.8) is 0 Å². The maximum Gasteiger partial charge on any atom is 0.357 e. The number of rotatable bonds is 3. The first-order valence-electron chi connectivity index (χ1n) is 4.06. The molecule has 0 spiro atoms. The van der Waals surface area contributed by atoms with Crippen LogP contribution in [0.3, 0.4) is 0 Å². The Bertz CT molecular complexity index is 341. The maximum atomic E-state index is 12.9. The van der Waals surface area contributed by atoms with Gasteiger partial charge in [0.05, 0.1) is 13.7 Å². The Morgan fingerprint density at radius 1 is 1.57 bits per heavy atom. The lowest BCUT2D eigenvalue weighted by atomic mass is 10.3. The minimum Gasteiger partial charge on any atom is -0.481 e. The van der Waals surface area contributed by atoms with Gasteiger partial charge in [0.1, 0.15) is 5.82 Å². The summed E-state index contributed by atoms with van der Waals surface area (Å²) in [6.07, 6.45) is 0. The molecule has 0 aliphatic heterocycles. The van der Waals surface area contributed by atoms with E-state index in [1.54, 1.807) is 6.92 Å². The number of halogens is 1. The van der Waals surface area contributed by atoms with E-state index in [4.69, 9.17) is 4.74 Å². The van der Waals surface area contributed by atoms with E-state index in [-0.39, 0.29) is 18.2 Å². The number of methoxy groups -OCH3 is 1. The predicted molar refractivity (Wildman–Crippen MR) is 46.7 cm³/mol. The zero-order valence-corrected chi connectivity index (χ0v) is 7.91. The molecule has 0 fully saturated rings. The topological polar surface area (TPSA) is 48.4 Å². The van der Waals surface area contributed by atoms with Crippen LogP contribution < -0.4 is 4.74 Å². The Hall–Kier alpha value is -1.65. The minimum atomic E-state index is -0.662. The van der Waals surface area contributed by atoms with Gasteiger partial charge in [0, 0.05) is 12.1 Å². The van der Waals surface area contributed by atoms with Crippen molar-refractivity contribution < 1.29 is 18.7 Å². The van der Waals surface area contributed by atoms with Crippen molar-refractivity contribution in [3.8, 4) is 5.88 Å². The van der Waals surface area contributed by atoms with Crippen LogP contribution in [0.2, 0.25) is 0 Å². The summed E-state index contributed by atoms with van der Waals surface area (Å²) in [5, 5.41) is 0. The van der Waals surface area contributed by atoms with Crippen LogP contribution in [0.4, 0.5) is 4.39 Å². The van der Waals surface area contributed by atoms with E-state index >= 15 is 0 Å². The average molecular weight is 199 g/mol. The molecule has 0 radical (unpaired) electrons. The highest BCUT2D eigenvalue weighted by Crippen LogP contribution is 2.11. The van der Waals surface area contributed by atoms with Crippen LogP contribution >= 0.6 is 0 Å². The number of aromatic nitrogens is 1. The number of nitrogens with zero attached hydrogens (tertiary/aromatic N) is 1. The second kappa shape index (κ2) is 4.55. The Balaban J connectivity index is 2.96. The summed E-state index contributed by atoms with van der Waals surface area (Å²) in [6.45, 7) is 1.88. The van der Waals surface area contributed by atoms with Gasteiger partial charge in [-0.3, -0.25) is 0 Å². The molecule has 1 aromatic rings. The number of ether oxygens (including phenoxy) is 2. The molecule has 0 aliphatic carbocycles. The maximum absolute atomic E-state index is 12.9. The van der Waals surface area contributed by atoms with E-state index < -0.39 is 11.8 Å². The molecule has 1 aromatic heterocycles. The third-order valence-electron chi connectivity index (χ3n) is 1.46. The average Bonchev–Trinajstić information content (AvgIpc) is 2.17. The summed E-state index contributed by atoms with van der Waals surface area (Å²) in [5.74, 6) is -1.20. The normalized spacial score (nSPS) is 9.64. The molecule has 14 heavy (non-hydrogen) atoms. The van der Waals surface area contributed by atoms with E-state index in [0.29, 0.717) is 0 Å². The number of esters is 1. The van der Waals surface area contributed by atoms with Gasteiger partial charge in [-0.2, -0.15) is 0 Å². The van der Waals surface area contributed by atoms with Gasteiger partial charge in [0.15, 0.2) is 5.69 Å². The van der Waals surface area contributed by atoms with Gasteiger partial charge >= 0.3 is 5.97 Å². The van der Waals surface area contributed by atoms with Crippen LogP contribution in [0.1, 0.15) is 17.4 Å². The molecule has 0 saturated heterocycles. The molecule has 76 valence electrons. The van der Waals surface area contributed by atoms with Crippen molar-refractivity contribution in [1.29, 1.82) is 0 Å². The molecule has 1 heterocycles. The van der Waals surface area contributed by atoms with Crippen LogP contribution in [0.15, 0.2) is 12.1 Å². The van der Waals surface area contributed by atoms with E-state index in [1.165, 1.54) is 7.11 Å². The first kappa shape index (κ1) is 10.4. The summed E-state index contributed by atoms with van der Waals surface area (Å²) < 4.78 is 22.3. The van der Waals surface area contributed by atoms with E-state index in [2.05, 4.69) is 9.72 Å². The lowest BCUT2D eigenvalue weighted by Crippen LogP contribution is -2.08. The van der Waals surface area contributed by atoms with Gasteiger partial charge in [0.25, 0.3) is 0 Å².